The maximum atomic E-state index is 14.0. The largest absolute Gasteiger partial charge is 0.468 e. The fraction of sp³-hybridized carbons (Fsp3) is 0.143. The number of ether oxygens (including phenoxy) is 1. The Morgan fingerprint density at radius 1 is 0.923 bits per heavy atom. The Labute approximate surface area is 150 Å². The number of hydrogen-bond donors (Lipinski definition) is 0. The Hall–Kier alpha value is -3.21. The summed E-state index contributed by atoms with van der Waals surface area (Å²) in [5, 5.41) is 0.886. The summed E-state index contributed by atoms with van der Waals surface area (Å²) in [6.45, 7) is 0.0659. The fourth-order valence-electron chi connectivity index (χ4n) is 2.84. The molecule has 1 amide bonds. The van der Waals surface area contributed by atoms with Crippen molar-refractivity contribution in [3.8, 4) is 0 Å². The molecule has 0 heterocycles. The number of fused-ring (bicyclic) bond motifs is 1. The van der Waals surface area contributed by atoms with Crippen LogP contribution in [0.25, 0.3) is 10.8 Å². The summed E-state index contributed by atoms with van der Waals surface area (Å²) in [5.41, 5.74) is 1.23. The van der Waals surface area contributed by atoms with Crippen LogP contribution in [0.4, 0.5) is 4.39 Å². The molecule has 3 aromatic rings. The van der Waals surface area contributed by atoms with Crippen LogP contribution in [-0.2, 0) is 16.1 Å². The molecule has 0 aliphatic heterocycles. The van der Waals surface area contributed by atoms with Crippen molar-refractivity contribution in [1.29, 1.82) is 0 Å². The molecule has 0 radical (unpaired) electrons. The molecule has 0 unspecified atom stereocenters. The molecule has 0 aliphatic rings. The minimum atomic E-state index is -0.513. The molecule has 3 aromatic carbocycles. The first-order chi connectivity index (χ1) is 12.6. The topological polar surface area (TPSA) is 46.6 Å². The number of carbonyl (C=O) groups excluding carboxylic acids is 2. The highest BCUT2D eigenvalue weighted by Crippen LogP contribution is 2.23. The number of methoxy groups -OCH3 is 1. The van der Waals surface area contributed by atoms with Crippen LogP contribution >= 0.6 is 0 Å². The highest BCUT2D eigenvalue weighted by atomic mass is 19.1. The molecular formula is C21H18FNO3. The maximum Gasteiger partial charge on any atom is 0.325 e. The summed E-state index contributed by atoms with van der Waals surface area (Å²) >= 11 is 0. The van der Waals surface area contributed by atoms with Crippen LogP contribution < -0.4 is 0 Å². The first-order valence-corrected chi connectivity index (χ1v) is 8.17. The lowest BCUT2D eigenvalue weighted by molar-refractivity contribution is -0.141. The Morgan fingerprint density at radius 3 is 2.27 bits per heavy atom. The van der Waals surface area contributed by atoms with Gasteiger partial charge < -0.3 is 9.64 Å². The molecule has 0 aliphatic carbocycles. The Bertz CT molecular complexity index is 940. The first kappa shape index (κ1) is 17.6. The van der Waals surface area contributed by atoms with E-state index in [1.807, 2.05) is 30.3 Å². The Morgan fingerprint density at radius 2 is 1.58 bits per heavy atom. The van der Waals surface area contributed by atoms with Gasteiger partial charge in [0.2, 0.25) is 0 Å². The molecule has 0 saturated carbocycles. The second-order valence-corrected chi connectivity index (χ2v) is 5.86. The Kier molecular flexibility index (Phi) is 5.27. The van der Waals surface area contributed by atoms with Gasteiger partial charge in [-0.25, -0.2) is 4.39 Å². The summed E-state index contributed by atoms with van der Waals surface area (Å²) in [7, 11) is 1.28. The van der Waals surface area contributed by atoms with Crippen LogP contribution in [0.1, 0.15) is 15.9 Å². The van der Waals surface area contributed by atoms with Gasteiger partial charge in [0.25, 0.3) is 5.91 Å². The summed E-state index contributed by atoms with van der Waals surface area (Å²) in [6.07, 6.45) is 0. The summed E-state index contributed by atoms with van der Waals surface area (Å²) in [5.74, 6) is -1.25. The summed E-state index contributed by atoms with van der Waals surface area (Å²) in [4.78, 5) is 26.3. The number of benzene rings is 3. The second kappa shape index (κ2) is 7.78. The van der Waals surface area contributed by atoms with Gasteiger partial charge in [-0.3, -0.25) is 9.59 Å². The second-order valence-electron chi connectivity index (χ2n) is 5.86. The third-order valence-corrected chi connectivity index (χ3v) is 4.15. The van der Waals surface area contributed by atoms with Crippen molar-refractivity contribution < 1.29 is 18.7 Å². The van der Waals surface area contributed by atoms with E-state index < -0.39 is 5.97 Å². The molecule has 0 spiro atoms. The monoisotopic (exact) mass is 351 g/mol. The van der Waals surface area contributed by atoms with E-state index in [0.717, 1.165) is 5.56 Å². The molecule has 0 N–H and O–H groups in total. The van der Waals surface area contributed by atoms with Gasteiger partial charge in [-0.2, -0.15) is 0 Å². The first-order valence-electron chi connectivity index (χ1n) is 8.17. The molecule has 0 saturated heterocycles. The lowest BCUT2D eigenvalue weighted by Crippen LogP contribution is -2.35. The number of rotatable bonds is 5. The van der Waals surface area contributed by atoms with Crippen LogP contribution in [0.3, 0.4) is 0 Å². The molecular weight excluding hydrogens is 333 g/mol. The van der Waals surface area contributed by atoms with E-state index in [4.69, 9.17) is 4.74 Å². The van der Waals surface area contributed by atoms with Crippen molar-refractivity contribution in [2.45, 2.75) is 6.54 Å². The number of nitrogens with zero attached hydrogens (tertiary/aromatic N) is 1. The molecule has 4 nitrogen and oxygen atoms in total. The van der Waals surface area contributed by atoms with Gasteiger partial charge in [-0.05, 0) is 23.1 Å². The van der Waals surface area contributed by atoms with Crippen molar-refractivity contribution in [2.75, 3.05) is 13.7 Å². The maximum absolute atomic E-state index is 14.0. The van der Waals surface area contributed by atoms with Crippen LogP contribution in [-0.4, -0.2) is 30.4 Å². The average Bonchev–Trinajstić information content (AvgIpc) is 2.68. The van der Waals surface area contributed by atoms with E-state index >= 15 is 0 Å². The normalized spacial score (nSPS) is 10.5. The van der Waals surface area contributed by atoms with Crippen molar-refractivity contribution in [1.82, 2.24) is 4.90 Å². The molecule has 5 heteroatoms. The number of halogens is 1. The summed E-state index contributed by atoms with van der Waals surface area (Å²) in [6, 6.07) is 18.9. The van der Waals surface area contributed by atoms with E-state index in [2.05, 4.69) is 0 Å². The number of amides is 1. The molecule has 0 atom stereocenters. The third-order valence-electron chi connectivity index (χ3n) is 4.15. The van der Waals surface area contributed by atoms with Crippen molar-refractivity contribution >= 4 is 22.6 Å². The van der Waals surface area contributed by atoms with E-state index in [1.165, 1.54) is 24.1 Å². The SMILES string of the molecule is COC(=O)CN(Cc1ccccc1)C(=O)c1ccc(F)c2ccccc12. The highest BCUT2D eigenvalue weighted by molar-refractivity contribution is 6.07. The third kappa shape index (κ3) is 3.72. The number of esters is 1. The van der Waals surface area contributed by atoms with Gasteiger partial charge >= 0.3 is 5.97 Å². The van der Waals surface area contributed by atoms with Crippen LogP contribution in [0.15, 0.2) is 66.7 Å². The highest BCUT2D eigenvalue weighted by Gasteiger charge is 2.22. The number of carbonyl (C=O) groups is 2. The standard InChI is InChI=1S/C21H18FNO3/c1-26-20(24)14-23(13-15-7-3-2-4-8-15)21(25)18-11-12-19(22)17-10-6-5-9-16(17)18/h2-12H,13-14H2,1H3. The van der Waals surface area contributed by atoms with E-state index in [0.29, 0.717) is 16.3 Å². The van der Waals surface area contributed by atoms with Crippen LogP contribution in [0.5, 0.6) is 0 Å². The van der Waals surface area contributed by atoms with Crippen molar-refractivity contribution in [3.05, 3.63) is 83.7 Å². The van der Waals surface area contributed by atoms with E-state index in [-0.39, 0.29) is 24.8 Å². The zero-order valence-electron chi connectivity index (χ0n) is 14.3. The molecule has 0 fully saturated rings. The fourth-order valence-corrected chi connectivity index (χ4v) is 2.84. The predicted octanol–water partition coefficient (Wildman–Crippen LogP) is 3.79. The van der Waals surface area contributed by atoms with Crippen molar-refractivity contribution in [3.63, 3.8) is 0 Å². The average molecular weight is 351 g/mol. The molecule has 132 valence electrons. The Balaban J connectivity index is 1.99. The molecule has 26 heavy (non-hydrogen) atoms. The zero-order valence-corrected chi connectivity index (χ0v) is 14.3. The minimum Gasteiger partial charge on any atom is -0.468 e. The molecule has 3 rings (SSSR count). The molecule has 0 bridgehead atoms. The smallest absolute Gasteiger partial charge is 0.325 e. The zero-order chi connectivity index (χ0) is 18.5. The summed E-state index contributed by atoms with van der Waals surface area (Å²) < 4.78 is 18.8. The van der Waals surface area contributed by atoms with E-state index in [9.17, 15) is 14.0 Å². The van der Waals surface area contributed by atoms with Gasteiger partial charge in [0.1, 0.15) is 12.4 Å². The lowest BCUT2D eigenvalue weighted by Gasteiger charge is -2.22. The minimum absolute atomic E-state index is 0.185. The van der Waals surface area contributed by atoms with Gasteiger partial charge in [-0.15, -0.1) is 0 Å². The van der Waals surface area contributed by atoms with Crippen LogP contribution in [0, 0.1) is 5.82 Å². The van der Waals surface area contributed by atoms with E-state index in [1.54, 1.807) is 24.3 Å². The van der Waals surface area contributed by atoms with Gasteiger partial charge in [0, 0.05) is 17.5 Å². The van der Waals surface area contributed by atoms with Gasteiger partial charge in [0.15, 0.2) is 0 Å². The quantitative estimate of drug-likeness (QED) is 0.657. The number of hydrogen-bond acceptors (Lipinski definition) is 3. The lowest BCUT2D eigenvalue weighted by atomic mass is 10.0. The van der Waals surface area contributed by atoms with Crippen LogP contribution in [0.2, 0.25) is 0 Å². The molecule has 0 aromatic heterocycles. The van der Waals surface area contributed by atoms with Crippen molar-refractivity contribution in [2.24, 2.45) is 0 Å². The predicted molar refractivity (Wildman–Crippen MR) is 97.1 cm³/mol. The van der Waals surface area contributed by atoms with Gasteiger partial charge in [0.05, 0.1) is 7.11 Å². The van der Waals surface area contributed by atoms with Gasteiger partial charge in [-0.1, -0.05) is 54.6 Å².